The van der Waals surface area contributed by atoms with E-state index in [4.69, 9.17) is 24.2 Å². The molecule has 12 nitrogen and oxygen atoms in total. The summed E-state index contributed by atoms with van der Waals surface area (Å²) in [6.07, 6.45) is 9.02. The van der Waals surface area contributed by atoms with Gasteiger partial charge in [-0.3, -0.25) is 15.4 Å². The van der Waals surface area contributed by atoms with E-state index in [1.165, 1.54) is 6.08 Å². The smallest absolute Gasteiger partial charge is 0.411 e. The highest BCUT2D eigenvalue weighted by molar-refractivity contribution is 5.85. The number of carbonyl (C=O) groups is 3. The maximum absolute atomic E-state index is 12.1. The van der Waals surface area contributed by atoms with Gasteiger partial charge in [-0.15, -0.1) is 5.26 Å². The van der Waals surface area contributed by atoms with E-state index >= 15 is 0 Å². The zero-order valence-corrected chi connectivity index (χ0v) is 30.1. The van der Waals surface area contributed by atoms with Crippen molar-refractivity contribution in [2.24, 2.45) is 4.99 Å². The van der Waals surface area contributed by atoms with Gasteiger partial charge in [-0.05, 0) is 129 Å². The highest BCUT2D eigenvalue weighted by Gasteiger charge is 2.07. The Labute approximate surface area is 315 Å². The zero-order chi connectivity index (χ0) is 38.2. The predicted octanol–water partition coefficient (Wildman–Crippen LogP) is 9.16. The van der Waals surface area contributed by atoms with Gasteiger partial charge in [0.25, 0.3) is 6.26 Å². The number of benzene rings is 4. The third-order valence-corrected chi connectivity index (χ3v) is 8.21. The summed E-state index contributed by atoms with van der Waals surface area (Å²) in [6, 6.07) is 29.6. The largest absolute Gasteiger partial charge is 0.466 e. The molecule has 0 aromatic heterocycles. The van der Waals surface area contributed by atoms with Crippen LogP contribution in [-0.4, -0.2) is 44.1 Å². The van der Waals surface area contributed by atoms with Crippen LogP contribution in [0.5, 0.6) is 5.75 Å². The third kappa shape index (κ3) is 15.8. The fraction of sp³-hybridized carbons (Fsp3) is 0.310. The number of nitrogens with one attached hydrogen (secondary N) is 2. The molecule has 280 valence electrons. The second-order valence-electron chi connectivity index (χ2n) is 12.4. The molecule has 2 N–H and O–H groups in total. The minimum absolute atomic E-state index is 0.241. The Kier molecular flexibility index (Phi) is 17.3. The summed E-state index contributed by atoms with van der Waals surface area (Å²) >= 11 is 0. The van der Waals surface area contributed by atoms with Gasteiger partial charge in [0, 0.05) is 17.8 Å². The molecule has 0 spiro atoms. The lowest BCUT2D eigenvalue weighted by Crippen LogP contribution is -2.14. The van der Waals surface area contributed by atoms with Crippen LogP contribution in [0.2, 0.25) is 0 Å². The van der Waals surface area contributed by atoms with Crippen molar-refractivity contribution >= 4 is 41.3 Å². The zero-order valence-electron chi connectivity index (χ0n) is 30.1. The Bertz CT molecular complexity index is 1850. The summed E-state index contributed by atoms with van der Waals surface area (Å²) in [5.41, 5.74) is 6.11. The first-order chi connectivity index (χ1) is 26.4. The van der Waals surface area contributed by atoms with Crippen LogP contribution < -0.4 is 15.4 Å². The van der Waals surface area contributed by atoms with E-state index in [1.807, 2.05) is 72.8 Å². The summed E-state index contributed by atoms with van der Waals surface area (Å²) < 4.78 is 20.6. The van der Waals surface area contributed by atoms with Crippen LogP contribution in [0.4, 0.5) is 26.7 Å². The molecule has 0 unspecified atom stereocenters. The Morgan fingerprint density at radius 3 is 1.44 bits per heavy atom. The fourth-order valence-corrected chi connectivity index (χ4v) is 5.35. The second-order valence-corrected chi connectivity index (χ2v) is 12.4. The highest BCUT2D eigenvalue weighted by atomic mass is 16.6. The summed E-state index contributed by atoms with van der Waals surface area (Å²) in [4.78, 5) is 50.3. The van der Waals surface area contributed by atoms with Crippen molar-refractivity contribution in [3.63, 3.8) is 0 Å². The van der Waals surface area contributed by atoms with Crippen molar-refractivity contribution < 1.29 is 38.1 Å². The van der Waals surface area contributed by atoms with Gasteiger partial charge in [0.1, 0.15) is 5.75 Å². The second kappa shape index (κ2) is 23.2. The highest BCUT2D eigenvalue weighted by Crippen LogP contribution is 2.19. The molecular formula is C42H44N4O8. The van der Waals surface area contributed by atoms with Gasteiger partial charge in [-0.1, -0.05) is 48.5 Å². The number of unbranched alkanes of at least 4 members (excludes halogenated alkanes) is 5. The average Bonchev–Trinajstić information content (AvgIpc) is 3.17. The quantitative estimate of drug-likeness (QED) is 0.0212. The van der Waals surface area contributed by atoms with Gasteiger partial charge in [0.05, 0.1) is 25.5 Å². The monoisotopic (exact) mass is 732 g/mol. The standard InChI is InChI=1S/C42H44N4O8/c43-30-54-39-23-15-35(16-24-39)29-34-13-21-38(22-14-34)45-41(49)52-26-6-2-1-5-25-51-40(48)8-4-3-7-27-53-42(50)46-37-19-11-33(12-20-37)28-32-9-17-36(18-10-32)44-31-47/h9-24H,1-8,25-29H2,(H,45,49)(H,46,50). The number of nitrogens with zero attached hydrogens (tertiary/aromatic N) is 2. The topological polar surface area (TPSA) is 165 Å². The van der Waals surface area contributed by atoms with Gasteiger partial charge >= 0.3 is 18.2 Å². The van der Waals surface area contributed by atoms with Crippen molar-refractivity contribution in [1.29, 1.82) is 5.26 Å². The number of amides is 2. The number of carbonyl (C=O) groups excluding carboxylic acids is 4. The average molecular weight is 733 g/mol. The molecule has 0 aliphatic heterocycles. The number of esters is 1. The molecule has 0 aliphatic rings. The molecular weight excluding hydrogens is 688 g/mol. The molecule has 0 aliphatic carbocycles. The number of hydrogen-bond acceptors (Lipinski definition) is 10. The summed E-state index contributed by atoms with van der Waals surface area (Å²) in [7, 11) is 0. The van der Waals surface area contributed by atoms with Crippen LogP contribution >= 0.6 is 0 Å². The molecule has 0 fully saturated rings. The van der Waals surface area contributed by atoms with Crippen LogP contribution in [-0.2, 0) is 36.6 Å². The molecule has 2 amide bonds. The molecule has 4 aromatic carbocycles. The van der Waals surface area contributed by atoms with Gasteiger partial charge in [-0.25, -0.2) is 14.4 Å². The lowest BCUT2D eigenvalue weighted by atomic mass is 10.0. The molecule has 0 heterocycles. The molecule has 0 atom stereocenters. The van der Waals surface area contributed by atoms with Crippen molar-refractivity contribution in [1.82, 2.24) is 0 Å². The van der Waals surface area contributed by atoms with E-state index in [0.29, 0.717) is 74.6 Å². The lowest BCUT2D eigenvalue weighted by molar-refractivity contribution is -0.143. The first-order valence-electron chi connectivity index (χ1n) is 17.9. The van der Waals surface area contributed by atoms with Crippen LogP contribution in [0.25, 0.3) is 0 Å². The SMILES string of the molecule is N#COc1ccc(Cc2ccc(NC(=O)OCCCCCCOC(=O)CCCCCOC(=O)Nc3ccc(Cc4ccc(N=C=O)cc4)cc3)cc2)cc1. The van der Waals surface area contributed by atoms with Crippen LogP contribution in [0.1, 0.15) is 73.6 Å². The first-order valence-corrected chi connectivity index (χ1v) is 17.9. The molecule has 12 heteroatoms. The van der Waals surface area contributed by atoms with E-state index < -0.39 is 12.2 Å². The number of aliphatic imine (C=N–C) groups is 1. The molecule has 4 rings (SSSR count). The maximum atomic E-state index is 12.1. The van der Waals surface area contributed by atoms with Crippen LogP contribution in [0.15, 0.2) is 102 Å². The number of hydrogen-bond donors (Lipinski definition) is 2. The number of anilines is 2. The van der Waals surface area contributed by atoms with E-state index in [9.17, 15) is 19.2 Å². The summed E-state index contributed by atoms with van der Waals surface area (Å²) in [5.74, 6) is 0.259. The summed E-state index contributed by atoms with van der Waals surface area (Å²) in [5, 5.41) is 14.0. The normalized spacial score (nSPS) is 10.3. The van der Waals surface area contributed by atoms with Crippen molar-refractivity contribution in [3.8, 4) is 12.0 Å². The van der Waals surface area contributed by atoms with E-state index in [0.717, 1.165) is 47.9 Å². The van der Waals surface area contributed by atoms with Gasteiger partial charge in [0.2, 0.25) is 6.08 Å². The molecule has 0 saturated heterocycles. The van der Waals surface area contributed by atoms with Crippen molar-refractivity contribution in [2.45, 2.75) is 64.2 Å². The Balaban J connectivity index is 0.939. The Morgan fingerprint density at radius 1 is 0.556 bits per heavy atom. The number of isocyanates is 1. The van der Waals surface area contributed by atoms with Gasteiger partial charge < -0.3 is 18.9 Å². The number of rotatable bonds is 21. The van der Waals surface area contributed by atoms with Crippen LogP contribution in [0, 0.1) is 11.5 Å². The number of ether oxygens (including phenoxy) is 4. The minimum atomic E-state index is -0.532. The molecule has 0 radical (unpaired) electrons. The Morgan fingerprint density at radius 2 is 0.981 bits per heavy atom. The predicted molar refractivity (Wildman–Crippen MR) is 203 cm³/mol. The van der Waals surface area contributed by atoms with E-state index in [2.05, 4.69) is 15.6 Å². The summed E-state index contributed by atoms with van der Waals surface area (Å²) in [6.45, 7) is 0.903. The van der Waals surface area contributed by atoms with Gasteiger partial charge in [0.15, 0.2) is 0 Å². The lowest BCUT2D eigenvalue weighted by Gasteiger charge is -2.09. The number of nitriles is 1. The van der Waals surface area contributed by atoms with Crippen LogP contribution in [0.3, 0.4) is 0 Å². The molecule has 4 aromatic rings. The van der Waals surface area contributed by atoms with E-state index in [-0.39, 0.29) is 12.6 Å². The third-order valence-electron chi connectivity index (χ3n) is 8.21. The van der Waals surface area contributed by atoms with Gasteiger partial charge in [-0.2, -0.15) is 4.99 Å². The van der Waals surface area contributed by atoms with Crippen molar-refractivity contribution in [2.75, 3.05) is 30.5 Å². The first kappa shape index (κ1) is 40.3. The van der Waals surface area contributed by atoms with Crippen molar-refractivity contribution in [3.05, 3.63) is 119 Å². The Hall–Kier alpha value is -6.44. The minimum Gasteiger partial charge on any atom is -0.466 e. The van der Waals surface area contributed by atoms with E-state index in [1.54, 1.807) is 30.5 Å². The molecule has 54 heavy (non-hydrogen) atoms. The maximum Gasteiger partial charge on any atom is 0.411 e. The fourth-order valence-electron chi connectivity index (χ4n) is 5.35. The molecule has 0 bridgehead atoms. The molecule has 0 saturated carbocycles.